The van der Waals surface area contributed by atoms with Crippen molar-refractivity contribution >= 4 is 11.3 Å². The van der Waals surface area contributed by atoms with Crippen molar-refractivity contribution in [2.45, 2.75) is 40.2 Å². The molecule has 0 amide bonds. The van der Waals surface area contributed by atoms with E-state index in [0.717, 1.165) is 30.1 Å². The Morgan fingerprint density at radius 1 is 1.29 bits per heavy atom. The highest BCUT2D eigenvalue weighted by molar-refractivity contribution is 7.11. The molecule has 2 aromatic rings. The minimum Gasteiger partial charge on any atom is -0.312 e. The molecule has 0 radical (unpaired) electrons. The molecule has 1 heterocycles. The van der Waals surface area contributed by atoms with Crippen LogP contribution in [0.5, 0.6) is 0 Å². The number of rotatable bonds is 7. The Kier molecular flexibility index (Phi) is 5.88. The summed E-state index contributed by atoms with van der Waals surface area (Å²) in [6.45, 7) is 8.30. The predicted molar refractivity (Wildman–Crippen MR) is 87.2 cm³/mol. The van der Waals surface area contributed by atoms with Gasteiger partial charge in [0.25, 0.3) is 0 Å². The molecule has 0 saturated carbocycles. The van der Waals surface area contributed by atoms with Crippen LogP contribution in [0, 0.1) is 11.7 Å². The van der Waals surface area contributed by atoms with Gasteiger partial charge in [-0.25, -0.2) is 9.37 Å². The van der Waals surface area contributed by atoms with Gasteiger partial charge in [-0.15, -0.1) is 11.3 Å². The molecule has 0 atom stereocenters. The lowest BCUT2D eigenvalue weighted by Gasteiger charge is -2.05. The smallest absolute Gasteiger partial charge is 0.126 e. The fourth-order valence-corrected chi connectivity index (χ4v) is 3.33. The number of nitrogens with one attached hydrogen (secondary N) is 1. The van der Waals surface area contributed by atoms with E-state index in [0.29, 0.717) is 12.3 Å². The van der Waals surface area contributed by atoms with Crippen LogP contribution in [-0.4, -0.2) is 11.5 Å². The van der Waals surface area contributed by atoms with Crippen LogP contribution in [0.3, 0.4) is 0 Å². The first-order chi connectivity index (χ1) is 10.1. The third-order valence-electron chi connectivity index (χ3n) is 3.26. The highest BCUT2D eigenvalue weighted by Crippen LogP contribution is 2.24. The first-order valence-electron chi connectivity index (χ1n) is 7.51. The number of thiazole rings is 1. The molecule has 0 saturated heterocycles. The van der Waals surface area contributed by atoms with Gasteiger partial charge in [0.05, 0.1) is 10.7 Å². The van der Waals surface area contributed by atoms with Gasteiger partial charge in [0.2, 0.25) is 0 Å². The molecule has 1 N–H and O–H groups in total. The lowest BCUT2D eigenvalue weighted by Crippen LogP contribution is -2.12. The molecule has 0 aliphatic carbocycles. The molecule has 4 heteroatoms. The summed E-state index contributed by atoms with van der Waals surface area (Å²) in [6, 6.07) is 6.95. The van der Waals surface area contributed by atoms with Crippen molar-refractivity contribution in [2.75, 3.05) is 6.54 Å². The largest absolute Gasteiger partial charge is 0.312 e. The Bertz CT molecular complexity index is 578. The number of aromatic nitrogens is 1. The maximum atomic E-state index is 13.8. The molecule has 0 aliphatic rings. The van der Waals surface area contributed by atoms with Gasteiger partial charge in [0.1, 0.15) is 5.82 Å². The second kappa shape index (κ2) is 7.66. The maximum Gasteiger partial charge on any atom is 0.126 e. The molecular weight excluding hydrogens is 283 g/mol. The van der Waals surface area contributed by atoms with Crippen molar-refractivity contribution in [2.24, 2.45) is 5.92 Å². The zero-order valence-corrected chi connectivity index (χ0v) is 13.8. The van der Waals surface area contributed by atoms with Gasteiger partial charge in [-0.3, -0.25) is 0 Å². The number of hydrogen-bond donors (Lipinski definition) is 1. The van der Waals surface area contributed by atoms with Crippen LogP contribution in [0.25, 0.3) is 0 Å². The molecule has 1 aromatic carbocycles. The predicted octanol–water partition coefficient (Wildman–Crippen LogP) is 4.18. The fourth-order valence-electron chi connectivity index (χ4n) is 2.24. The lowest BCUT2D eigenvalue weighted by atomic mass is 10.1. The van der Waals surface area contributed by atoms with Crippen molar-refractivity contribution in [1.82, 2.24) is 10.3 Å². The van der Waals surface area contributed by atoms with Crippen LogP contribution in [0.1, 0.15) is 41.9 Å². The number of hydrogen-bond acceptors (Lipinski definition) is 3. The van der Waals surface area contributed by atoms with E-state index in [1.165, 1.54) is 16.6 Å². The molecule has 114 valence electrons. The second-order valence-corrected chi connectivity index (χ2v) is 6.79. The Morgan fingerprint density at radius 2 is 2.05 bits per heavy atom. The van der Waals surface area contributed by atoms with Crippen molar-refractivity contribution in [3.05, 3.63) is 51.2 Å². The fraction of sp³-hybridized carbons (Fsp3) is 0.471. The van der Waals surface area contributed by atoms with E-state index in [1.54, 1.807) is 17.4 Å². The summed E-state index contributed by atoms with van der Waals surface area (Å²) in [5, 5.41) is 4.37. The van der Waals surface area contributed by atoms with E-state index in [9.17, 15) is 4.39 Å². The van der Waals surface area contributed by atoms with Gasteiger partial charge >= 0.3 is 0 Å². The first-order valence-corrected chi connectivity index (χ1v) is 8.33. The molecule has 2 nitrogen and oxygen atoms in total. The third kappa shape index (κ3) is 4.61. The molecule has 0 unspecified atom stereocenters. The normalized spacial score (nSPS) is 11.3. The molecule has 21 heavy (non-hydrogen) atoms. The second-order valence-electron chi connectivity index (χ2n) is 5.62. The van der Waals surface area contributed by atoms with Gasteiger partial charge in [-0.05, 0) is 30.5 Å². The topological polar surface area (TPSA) is 24.9 Å². The van der Waals surface area contributed by atoms with Crippen LogP contribution >= 0.6 is 11.3 Å². The quantitative estimate of drug-likeness (QED) is 0.830. The van der Waals surface area contributed by atoms with Crippen LogP contribution in [-0.2, 0) is 19.4 Å². The summed E-state index contributed by atoms with van der Waals surface area (Å²) in [7, 11) is 0. The van der Waals surface area contributed by atoms with Crippen molar-refractivity contribution in [1.29, 1.82) is 0 Å². The molecule has 0 aliphatic heterocycles. The molecule has 0 bridgehead atoms. The first kappa shape index (κ1) is 16.1. The van der Waals surface area contributed by atoms with Gasteiger partial charge in [-0.1, -0.05) is 39.0 Å². The van der Waals surface area contributed by atoms with E-state index in [1.807, 2.05) is 12.1 Å². The van der Waals surface area contributed by atoms with Gasteiger partial charge in [0.15, 0.2) is 0 Å². The van der Waals surface area contributed by atoms with E-state index in [4.69, 9.17) is 4.98 Å². The average Bonchev–Trinajstić information content (AvgIpc) is 2.80. The average molecular weight is 306 g/mol. The Hall–Kier alpha value is -1.26. The number of nitrogens with zero attached hydrogens (tertiary/aromatic N) is 1. The lowest BCUT2D eigenvalue weighted by molar-refractivity contribution is 0.612. The number of benzene rings is 1. The van der Waals surface area contributed by atoms with Crippen molar-refractivity contribution in [3.63, 3.8) is 0 Å². The SMILES string of the molecule is CCNCc1sc(Cc2ccccc2F)nc1CC(C)C. The summed E-state index contributed by atoms with van der Waals surface area (Å²) in [5.74, 6) is 0.431. The van der Waals surface area contributed by atoms with Gasteiger partial charge in [0, 0.05) is 17.8 Å². The monoisotopic (exact) mass is 306 g/mol. The highest BCUT2D eigenvalue weighted by atomic mass is 32.1. The van der Waals surface area contributed by atoms with Crippen molar-refractivity contribution < 1.29 is 4.39 Å². The summed E-state index contributed by atoms with van der Waals surface area (Å²) in [4.78, 5) is 6.04. The van der Waals surface area contributed by atoms with E-state index in [-0.39, 0.29) is 5.82 Å². The zero-order chi connectivity index (χ0) is 15.2. The Morgan fingerprint density at radius 3 is 2.71 bits per heavy atom. The number of halogens is 1. The summed E-state index contributed by atoms with van der Waals surface area (Å²) in [5.41, 5.74) is 1.89. The van der Waals surface area contributed by atoms with E-state index >= 15 is 0 Å². The van der Waals surface area contributed by atoms with Gasteiger partial charge < -0.3 is 5.32 Å². The van der Waals surface area contributed by atoms with Gasteiger partial charge in [-0.2, -0.15) is 0 Å². The van der Waals surface area contributed by atoms with Crippen LogP contribution in [0.2, 0.25) is 0 Å². The third-order valence-corrected chi connectivity index (χ3v) is 4.36. The maximum absolute atomic E-state index is 13.8. The molecule has 0 fully saturated rings. The minimum atomic E-state index is -0.147. The molecule has 2 rings (SSSR count). The Balaban J connectivity index is 2.19. The molecule has 1 aromatic heterocycles. The zero-order valence-electron chi connectivity index (χ0n) is 12.9. The minimum absolute atomic E-state index is 0.147. The summed E-state index contributed by atoms with van der Waals surface area (Å²) >= 11 is 1.70. The summed E-state index contributed by atoms with van der Waals surface area (Å²) in [6.07, 6.45) is 1.56. The molecular formula is C17H23FN2S. The molecule has 0 spiro atoms. The van der Waals surface area contributed by atoms with E-state index in [2.05, 4.69) is 26.1 Å². The highest BCUT2D eigenvalue weighted by Gasteiger charge is 2.13. The Labute approximate surface area is 130 Å². The van der Waals surface area contributed by atoms with Crippen LogP contribution < -0.4 is 5.32 Å². The summed E-state index contributed by atoms with van der Waals surface area (Å²) < 4.78 is 13.8. The van der Waals surface area contributed by atoms with Crippen LogP contribution in [0.15, 0.2) is 24.3 Å². The standard InChI is InChI=1S/C17H23FN2S/c1-4-19-11-16-15(9-12(2)3)20-17(21-16)10-13-7-5-6-8-14(13)18/h5-8,12,19H,4,9-11H2,1-3H3. The van der Waals surface area contributed by atoms with Crippen molar-refractivity contribution in [3.8, 4) is 0 Å². The van der Waals surface area contributed by atoms with Crippen LogP contribution in [0.4, 0.5) is 4.39 Å². The van der Waals surface area contributed by atoms with E-state index < -0.39 is 0 Å².